The Morgan fingerprint density at radius 2 is 2.20 bits per heavy atom. The Hall–Kier alpha value is -1.43. The van der Waals surface area contributed by atoms with Crippen molar-refractivity contribution in [3.63, 3.8) is 0 Å². The van der Waals surface area contributed by atoms with Crippen LogP contribution in [0.25, 0.3) is 0 Å². The topological polar surface area (TPSA) is 63.1 Å². The van der Waals surface area contributed by atoms with Gasteiger partial charge in [0, 0.05) is 12.6 Å². The van der Waals surface area contributed by atoms with Crippen molar-refractivity contribution >= 4 is 5.91 Å². The number of rotatable bonds is 3. The monoisotopic (exact) mass is 277 g/mol. The maximum atomic E-state index is 12.4. The summed E-state index contributed by atoms with van der Waals surface area (Å²) in [5.41, 5.74) is -0.300. The summed E-state index contributed by atoms with van der Waals surface area (Å²) in [6.45, 7) is 6.75. The first kappa shape index (κ1) is 13.5. The summed E-state index contributed by atoms with van der Waals surface area (Å²) < 4.78 is 2.09. The van der Waals surface area contributed by atoms with Gasteiger partial charge in [-0.25, -0.2) is 0 Å². The number of nitrogens with one attached hydrogen (secondary N) is 1. The molecule has 2 aliphatic heterocycles. The minimum atomic E-state index is -0.300. The molecule has 1 amide bonds. The van der Waals surface area contributed by atoms with Gasteiger partial charge in [-0.15, -0.1) is 10.2 Å². The highest BCUT2D eigenvalue weighted by atomic mass is 16.2. The molecule has 3 rings (SSSR count). The molecule has 0 saturated carbocycles. The van der Waals surface area contributed by atoms with Gasteiger partial charge in [-0.3, -0.25) is 9.69 Å². The molecule has 20 heavy (non-hydrogen) atoms. The van der Waals surface area contributed by atoms with Gasteiger partial charge in [-0.2, -0.15) is 0 Å². The minimum Gasteiger partial charge on any atom is -0.354 e. The SMILES string of the molecule is CC(C)n1cnnc1CN1CCCC12CCCNC2=O. The quantitative estimate of drug-likeness (QED) is 0.899. The number of amides is 1. The second-order valence-electron chi connectivity index (χ2n) is 6.16. The Morgan fingerprint density at radius 3 is 2.95 bits per heavy atom. The third-order valence-electron chi connectivity index (χ3n) is 4.63. The molecule has 1 unspecified atom stereocenters. The van der Waals surface area contributed by atoms with E-state index in [0.29, 0.717) is 12.6 Å². The lowest BCUT2D eigenvalue weighted by molar-refractivity contribution is -0.135. The van der Waals surface area contributed by atoms with Crippen molar-refractivity contribution in [1.82, 2.24) is 25.0 Å². The van der Waals surface area contributed by atoms with Crippen LogP contribution in [0.15, 0.2) is 6.33 Å². The van der Waals surface area contributed by atoms with Crippen molar-refractivity contribution in [2.24, 2.45) is 0 Å². The summed E-state index contributed by atoms with van der Waals surface area (Å²) in [6.07, 6.45) is 5.87. The Morgan fingerprint density at radius 1 is 1.40 bits per heavy atom. The van der Waals surface area contributed by atoms with Gasteiger partial charge in [0.15, 0.2) is 0 Å². The first-order chi connectivity index (χ1) is 9.63. The van der Waals surface area contributed by atoms with E-state index in [1.54, 1.807) is 6.33 Å². The van der Waals surface area contributed by atoms with E-state index in [2.05, 4.69) is 38.8 Å². The zero-order valence-corrected chi connectivity index (χ0v) is 12.3. The molecule has 1 atom stereocenters. The molecule has 1 aromatic heterocycles. The summed E-state index contributed by atoms with van der Waals surface area (Å²) >= 11 is 0. The number of likely N-dealkylation sites (tertiary alicyclic amines) is 1. The van der Waals surface area contributed by atoms with Gasteiger partial charge >= 0.3 is 0 Å². The fourth-order valence-electron chi connectivity index (χ4n) is 3.55. The Balaban J connectivity index is 1.82. The molecule has 2 aliphatic rings. The van der Waals surface area contributed by atoms with Gasteiger partial charge in [0.05, 0.1) is 6.54 Å². The van der Waals surface area contributed by atoms with Crippen molar-refractivity contribution in [3.8, 4) is 0 Å². The highest BCUT2D eigenvalue weighted by Crippen LogP contribution is 2.36. The average Bonchev–Trinajstić information content (AvgIpc) is 3.02. The molecule has 3 heterocycles. The molecule has 1 aromatic rings. The average molecular weight is 277 g/mol. The third kappa shape index (κ3) is 2.12. The van der Waals surface area contributed by atoms with E-state index in [4.69, 9.17) is 0 Å². The van der Waals surface area contributed by atoms with Gasteiger partial charge in [-0.05, 0) is 46.1 Å². The van der Waals surface area contributed by atoms with Gasteiger partial charge in [0.25, 0.3) is 0 Å². The number of aromatic nitrogens is 3. The molecule has 6 heteroatoms. The van der Waals surface area contributed by atoms with E-state index in [1.165, 1.54) is 0 Å². The molecule has 110 valence electrons. The molecule has 2 saturated heterocycles. The number of nitrogens with zero attached hydrogens (tertiary/aromatic N) is 4. The van der Waals surface area contributed by atoms with Crippen LogP contribution in [0.3, 0.4) is 0 Å². The molecule has 1 spiro atoms. The Labute approximate surface area is 119 Å². The molecule has 2 fully saturated rings. The lowest BCUT2D eigenvalue weighted by atomic mass is 9.86. The predicted octanol–water partition coefficient (Wildman–Crippen LogP) is 1.10. The molecule has 1 N–H and O–H groups in total. The highest BCUT2D eigenvalue weighted by Gasteiger charge is 2.48. The van der Waals surface area contributed by atoms with Crippen LogP contribution in [-0.4, -0.2) is 44.2 Å². The number of piperidine rings is 1. The summed E-state index contributed by atoms with van der Waals surface area (Å²) in [5, 5.41) is 11.3. The van der Waals surface area contributed by atoms with Gasteiger partial charge in [0.2, 0.25) is 5.91 Å². The smallest absolute Gasteiger partial charge is 0.240 e. The number of hydrogen-bond acceptors (Lipinski definition) is 4. The second kappa shape index (κ2) is 5.16. The molecule has 0 aliphatic carbocycles. The van der Waals surface area contributed by atoms with E-state index < -0.39 is 0 Å². The van der Waals surface area contributed by atoms with Crippen molar-refractivity contribution in [2.45, 2.75) is 57.7 Å². The van der Waals surface area contributed by atoms with Crippen LogP contribution in [0.5, 0.6) is 0 Å². The van der Waals surface area contributed by atoms with Gasteiger partial charge < -0.3 is 9.88 Å². The highest BCUT2D eigenvalue weighted by molar-refractivity contribution is 5.87. The summed E-state index contributed by atoms with van der Waals surface area (Å²) in [4.78, 5) is 14.7. The number of hydrogen-bond donors (Lipinski definition) is 1. The summed E-state index contributed by atoms with van der Waals surface area (Å²) in [5.74, 6) is 1.16. The first-order valence-corrected chi connectivity index (χ1v) is 7.55. The van der Waals surface area contributed by atoms with Crippen molar-refractivity contribution in [1.29, 1.82) is 0 Å². The van der Waals surface area contributed by atoms with Crippen molar-refractivity contribution < 1.29 is 4.79 Å². The Kier molecular flexibility index (Phi) is 3.50. The summed E-state index contributed by atoms with van der Waals surface area (Å²) in [6, 6.07) is 0.346. The number of carbonyl (C=O) groups excluding carboxylic acids is 1. The summed E-state index contributed by atoms with van der Waals surface area (Å²) in [7, 11) is 0. The molecule has 0 bridgehead atoms. The lowest BCUT2D eigenvalue weighted by Crippen LogP contribution is -2.58. The molecule has 0 radical (unpaired) electrons. The van der Waals surface area contributed by atoms with E-state index >= 15 is 0 Å². The predicted molar refractivity (Wildman–Crippen MR) is 75.0 cm³/mol. The zero-order valence-electron chi connectivity index (χ0n) is 12.3. The second-order valence-corrected chi connectivity index (χ2v) is 6.16. The first-order valence-electron chi connectivity index (χ1n) is 7.55. The van der Waals surface area contributed by atoms with E-state index in [1.807, 2.05) is 0 Å². The Bertz CT molecular complexity index is 498. The minimum absolute atomic E-state index is 0.205. The van der Waals surface area contributed by atoms with Crippen LogP contribution in [0, 0.1) is 0 Å². The van der Waals surface area contributed by atoms with E-state index in [9.17, 15) is 4.79 Å². The maximum Gasteiger partial charge on any atom is 0.240 e. The zero-order chi connectivity index (χ0) is 14.2. The molecular formula is C14H23N5O. The fourth-order valence-corrected chi connectivity index (χ4v) is 3.55. The van der Waals surface area contributed by atoms with Crippen LogP contribution < -0.4 is 5.32 Å². The van der Waals surface area contributed by atoms with E-state index in [-0.39, 0.29) is 11.4 Å². The molecular weight excluding hydrogens is 254 g/mol. The van der Waals surface area contributed by atoms with Crippen LogP contribution in [0.2, 0.25) is 0 Å². The normalized spacial score (nSPS) is 27.4. The van der Waals surface area contributed by atoms with Gasteiger partial charge in [0.1, 0.15) is 17.7 Å². The number of carbonyl (C=O) groups is 1. The van der Waals surface area contributed by atoms with Crippen molar-refractivity contribution in [2.75, 3.05) is 13.1 Å². The van der Waals surface area contributed by atoms with E-state index in [0.717, 1.165) is 44.6 Å². The largest absolute Gasteiger partial charge is 0.354 e. The van der Waals surface area contributed by atoms with Crippen LogP contribution in [-0.2, 0) is 11.3 Å². The van der Waals surface area contributed by atoms with Gasteiger partial charge in [-0.1, -0.05) is 0 Å². The van der Waals surface area contributed by atoms with Crippen LogP contribution in [0.1, 0.15) is 51.4 Å². The molecule has 0 aromatic carbocycles. The lowest BCUT2D eigenvalue weighted by Gasteiger charge is -2.40. The standard InChI is InChI=1S/C14H23N5O/c1-11(2)19-10-16-17-12(19)9-18-8-4-6-14(18)5-3-7-15-13(14)20/h10-11H,3-9H2,1-2H3,(H,15,20). The van der Waals surface area contributed by atoms with Crippen molar-refractivity contribution in [3.05, 3.63) is 12.2 Å². The van der Waals surface area contributed by atoms with Crippen LogP contribution >= 0.6 is 0 Å². The van der Waals surface area contributed by atoms with Crippen LogP contribution in [0.4, 0.5) is 0 Å². The third-order valence-corrected chi connectivity index (χ3v) is 4.63. The maximum absolute atomic E-state index is 12.4. The fraction of sp³-hybridized carbons (Fsp3) is 0.786. The molecule has 6 nitrogen and oxygen atoms in total.